The van der Waals surface area contributed by atoms with Crippen molar-refractivity contribution in [1.29, 1.82) is 0 Å². The van der Waals surface area contributed by atoms with Crippen LogP contribution in [0.1, 0.15) is 11.5 Å². The molecule has 0 atom stereocenters. The second-order valence-electron chi connectivity index (χ2n) is 4.39. The zero-order valence-electron chi connectivity index (χ0n) is 10.6. The van der Waals surface area contributed by atoms with E-state index in [4.69, 9.17) is 14.9 Å². The number of nitrogen functional groups attached to an aromatic ring is 1. The van der Waals surface area contributed by atoms with Crippen molar-refractivity contribution in [2.24, 2.45) is 0 Å². The fourth-order valence-corrected chi connectivity index (χ4v) is 1.96. The van der Waals surface area contributed by atoms with Crippen molar-refractivity contribution in [3.8, 4) is 5.75 Å². The minimum absolute atomic E-state index is 0.305. The summed E-state index contributed by atoms with van der Waals surface area (Å²) in [5, 5.41) is 0. The van der Waals surface area contributed by atoms with Crippen LogP contribution >= 0.6 is 0 Å². The summed E-state index contributed by atoms with van der Waals surface area (Å²) in [5.41, 5.74) is 9.04. The van der Waals surface area contributed by atoms with E-state index in [1.807, 2.05) is 49.4 Å². The van der Waals surface area contributed by atoms with E-state index in [2.05, 4.69) is 4.98 Å². The largest absolute Gasteiger partial charge is 0.484 e. The first-order valence-electron chi connectivity index (χ1n) is 6.06. The number of ether oxygens (including phenoxy) is 1. The maximum absolute atomic E-state index is 5.70. The van der Waals surface area contributed by atoms with Crippen molar-refractivity contribution in [1.82, 2.24) is 4.98 Å². The number of rotatable bonds is 3. The molecule has 0 radical (unpaired) electrons. The van der Waals surface area contributed by atoms with Crippen molar-refractivity contribution >= 4 is 16.8 Å². The van der Waals surface area contributed by atoms with Gasteiger partial charge in [-0.15, -0.1) is 0 Å². The zero-order chi connectivity index (χ0) is 13.2. The van der Waals surface area contributed by atoms with E-state index in [0.717, 1.165) is 28.1 Å². The van der Waals surface area contributed by atoms with Gasteiger partial charge in [0.15, 0.2) is 12.2 Å². The van der Waals surface area contributed by atoms with Crippen LogP contribution in [-0.4, -0.2) is 4.98 Å². The Morgan fingerprint density at radius 3 is 2.84 bits per heavy atom. The van der Waals surface area contributed by atoms with Gasteiger partial charge in [-0.3, -0.25) is 0 Å². The van der Waals surface area contributed by atoms with Gasteiger partial charge < -0.3 is 14.9 Å². The second kappa shape index (κ2) is 4.65. The van der Waals surface area contributed by atoms with Gasteiger partial charge in [-0.2, -0.15) is 0 Å². The van der Waals surface area contributed by atoms with Gasteiger partial charge in [-0.25, -0.2) is 4.98 Å². The highest BCUT2D eigenvalue weighted by Gasteiger charge is 2.06. The van der Waals surface area contributed by atoms with Crippen LogP contribution < -0.4 is 10.5 Å². The highest BCUT2D eigenvalue weighted by Crippen LogP contribution is 2.22. The summed E-state index contributed by atoms with van der Waals surface area (Å²) in [5.74, 6) is 1.36. The molecule has 0 aliphatic carbocycles. The molecule has 0 bridgehead atoms. The molecule has 4 heteroatoms. The third-order valence-corrected chi connectivity index (χ3v) is 2.89. The normalized spacial score (nSPS) is 10.8. The molecule has 1 aromatic heterocycles. The van der Waals surface area contributed by atoms with Crippen molar-refractivity contribution in [3.63, 3.8) is 0 Å². The fraction of sp³-hybridized carbons (Fsp3) is 0.133. The third-order valence-electron chi connectivity index (χ3n) is 2.89. The molecule has 0 unspecified atom stereocenters. The molecule has 2 N–H and O–H groups in total. The Morgan fingerprint density at radius 2 is 2.05 bits per heavy atom. The Kier molecular flexibility index (Phi) is 2.83. The molecule has 19 heavy (non-hydrogen) atoms. The van der Waals surface area contributed by atoms with Crippen molar-refractivity contribution in [2.75, 3.05) is 5.73 Å². The molecule has 0 saturated carbocycles. The molecule has 3 rings (SSSR count). The van der Waals surface area contributed by atoms with Crippen LogP contribution in [0.25, 0.3) is 11.1 Å². The summed E-state index contributed by atoms with van der Waals surface area (Å²) in [7, 11) is 0. The summed E-state index contributed by atoms with van der Waals surface area (Å²) in [6, 6.07) is 13.2. The van der Waals surface area contributed by atoms with Crippen LogP contribution in [-0.2, 0) is 6.61 Å². The predicted molar refractivity (Wildman–Crippen MR) is 73.9 cm³/mol. The molecule has 0 aliphatic heterocycles. The van der Waals surface area contributed by atoms with Gasteiger partial charge in [0.25, 0.3) is 0 Å². The minimum Gasteiger partial charge on any atom is -0.484 e. The molecule has 0 saturated heterocycles. The Bertz CT molecular complexity index is 686. The van der Waals surface area contributed by atoms with E-state index >= 15 is 0 Å². The maximum atomic E-state index is 5.70. The number of anilines is 1. The number of fused-ring (bicyclic) bond motifs is 1. The molecule has 2 aromatic carbocycles. The number of benzene rings is 2. The molecule has 1 heterocycles. The summed E-state index contributed by atoms with van der Waals surface area (Å²) >= 11 is 0. The van der Waals surface area contributed by atoms with Gasteiger partial charge in [-0.1, -0.05) is 12.1 Å². The van der Waals surface area contributed by atoms with E-state index in [0.29, 0.717) is 12.5 Å². The smallest absolute Gasteiger partial charge is 0.233 e. The average molecular weight is 254 g/mol. The molecule has 4 nitrogen and oxygen atoms in total. The lowest BCUT2D eigenvalue weighted by molar-refractivity contribution is 0.265. The topological polar surface area (TPSA) is 61.3 Å². The number of nitrogens with two attached hydrogens (primary N) is 1. The van der Waals surface area contributed by atoms with Gasteiger partial charge in [0.05, 0.1) is 0 Å². The van der Waals surface area contributed by atoms with Gasteiger partial charge in [0, 0.05) is 5.69 Å². The highest BCUT2D eigenvalue weighted by molar-refractivity contribution is 5.72. The molecule has 0 spiro atoms. The van der Waals surface area contributed by atoms with Crippen molar-refractivity contribution < 1.29 is 9.15 Å². The van der Waals surface area contributed by atoms with Crippen LogP contribution in [0, 0.1) is 6.92 Å². The molecule has 0 amide bonds. The summed E-state index contributed by atoms with van der Waals surface area (Å²) in [6.07, 6.45) is 0. The number of aryl methyl sites for hydroxylation is 1. The lowest BCUT2D eigenvalue weighted by Gasteiger charge is -2.07. The lowest BCUT2D eigenvalue weighted by Crippen LogP contribution is -1.97. The number of para-hydroxylation sites is 2. The van der Waals surface area contributed by atoms with E-state index in [9.17, 15) is 0 Å². The molecule has 3 aromatic rings. The van der Waals surface area contributed by atoms with Gasteiger partial charge in [0.2, 0.25) is 5.89 Å². The summed E-state index contributed by atoms with van der Waals surface area (Å²) in [4.78, 5) is 4.36. The number of oxazole rings is 1. The Labute approximate surface area is 110 Å². The molecular weight excluding hydrogens is 240 g/mol. The van der Waals surface area contributed by atoms with E-state index in [1.165, 1.54) is 0 Å². The fourth-order valence-electron chi connectivity index (χ4n) is 1.96. The summed E-state index contributed by atoms with van der Waals surface area (Å²) in [6.45, 7) is 2.26. The first-order valence-corrected chi connectivity index (χ1v) is 6.06. The van der Waals surface area contributed by atoms with Crippen LogP contribution in [0.4, 0.5) is 5.69 Å². The van der Waals surface area contributed by atoms with Crippen LogP contribution in [0.3, 0.4) is 0 Å². The van der Waals surface area contributed by atoms with Crippen LogP contribution in [0.15, 0.2) is 46.9 Å². The van der Waals surface area contributed by atoms with E-state index in [1.54, 1.807) is 0 Å². The Hall–Kier alpha value is -2.49. The van der Waals surface area contributed by atoms with Crippen LogP contribution in [0.2, 0.25) is 0 Å². The maximum Gasteiger partial charge on any atom is 0.233 e. The Balaban J connectivity index is 1.78. The standard InChI is InChI=1S/C15H14N2O2/c1-10-8-11(16)6-7-13(10)18-9-15-17-12-4-2-3-5-14(12)19-15/h2-8H,9,16H2,1H3. The van der Waals surface area contributed by atoms with Gasteiger partial charge in [0.1, 0.15) is 11.3 Å². The van der Waals surface area contributed by atoms with Gasteiger partial charge >= 0.3 is 0 Å². The molecule has 96 valence electrons. The second-order valence-corrected chi connectivity index (χ2v) is 4.39. The highest BCUT2D eigenvalue weighted by atomic mass is 16.5. The van der Waals surface area contributed by atoms with Gasteiger partial charge in [-0.05, 0) is 42.8 Å². The van der Waals surface area contributed by atoms with E-state index in [-0.39, 0.29) is 0 Å². The summed E-state index contributed by atoms with van der Waals surface area (Å²) < 4.78 is 11.3. The number of aromatic nitrogens is 1. The minimum atomic E-state index is 0.305. The lowest BCUT2D eigenvalue weighted by atomic mass is 10.2. The molecule has 0 aliphatic rings. The van der Waals surface area contributed by atoms with Crippen LogP contribution in [0.5, 0.6) is 5.75 Å². The molecule has 0 fully saturated rings. The SMILES string of the molecule is Cc1cc(N)ccc1OCc1nc2ccccc2o1. The predicted octanol–water partition coefficient (Wildman–Crippen LogP) is 3.30. The first kappa shape index (κ1) is 11.6. The Morgan fingerprint density at radius 1 is 1.21 bits per heavy atom. The molecular formula is C15H14N2O2. The number of hydrogen-bond acceptors (Lipinski definition) is 4. The zero-order valence-corrected chi connectivity index (χ0v) is 10.6. The number of nitrogens with zero attached hydrogens (tertiary/aromatic N) is 1. The third kappa shape index (κ3) is 2.38. The quantitative estimate of drug-likeness (QED) is 0.728. The van der Waals surface area contributed by atoms with Crippen molar-refractivity contribution in [2.45, 2.75) is 13.5 Å². The van der Waals surface area contributed by atoms with E-state index < -0.39 is 0 Å². The average Bonchev–Trinajstić information content (AvgIpc) is 2.80. The number of hydrogen-bond donors (Lipinski definition) is 1. The monoisotopic (exact) mass is 254 g/mol. The van der Waals surface area contributed by atoms with Crippen molar-refractivity contribution in [3.05, 3.63) is 53.9 Å². The first-order chi connectivity index (χ1) is 9.22.